The van der Waals surface area contributed by atoms with Crippen LogP contribution in [0.25, 0.3) is 0 Å². The van der Waals surface area contributed by atoms with Gasteiger partial charge in [-0.05, 0) is 48.6 Å². The van der Waals surface area contributed by atoms with Gasteiger partial charge in [-0.1, -0.05) is 17.7 Å². The van der Waals surface area contributed by atoms with Gasteiger partial charge >= 0.3 is 0 Å². The van der Waals surface area contributed by atoms with Crippen molar-refractivity contribution in [1.29, 1.82) is 0 Å². The van der Waals surface area contributed by atoms with Crippen molar-refractivity contribution in [2.75, 3.05) is 13.1 Å². The quantitative estimate of drug-likeness (QED) is 0.889. The van der Waals surface area contributed by atoms with Gasteiger partial charge in [0.15, 0.2) is 0 Å². The van der Waals surface area contributed by atoms with Crippen molar-refractivity contribution in [2.24, 2.45) is 11.3 Å². The number of rotatable bonds is 4. The Morgan fingerprint density at radius 2 is 2.08 bits per heavy atom. The molecular weight excluding hydrogens is 356 g/mol. The van der Waals surface area contributed by atoms with Crippen LogP contribution < -0.4 is 5.32 Å². The molecule has 1 aromatic carbocycles. The standard InChI is InChI=1S/C19H19ClN2O2S/c20-14-5-3-13(4-6-14)18(24)22-8-7-19(12-22)10-16(19)17(23)21-11-15-2-1-9-25-15/h1-6,9,16H,7-8,10-12H2,(H,21,23)/t16-,19-/m0/s1. The van der Waals surface area contributed by atoms with Gasteiger partial charge in [-0.3, -0.25) is 9.59 Å². The van der Waals surface area contributed by atoms with Crippen molar-refractivity contribution in [3.05, 3.63) is 57.2 Å². The Morgan fingerprint density at radius 3 is 2.80 bits per heavy atom. The molecule has 2 heterocycles. The predicted octanol–water partition coefficient (Wildman–Crippen LogP) is 3.57. The van der Waals surface area contributed by atoms with Crippen LogP contribution in [0.2, 0.25) is 5.02 Å². The zero-order valence-electron chi connectivity index (χ0n) is 13.7. The van der Waals surface area contributed by atoms with Crippen LogP contribution in [0.5, 0.6) is 0 Å². The Morgan fingerprint density at radius 1 is 1.28 bits per heavy atom. The number of carbonyl (C=O) groups excluding carboxylic acids is 2. The summed E-state index contributed by atoms with van der Waals surface area (Å²) in [7, 11) is 0. The summed E-state index contributed by atoms with van der Waals surface area (Å²) in [6.07, 6.45) is 1.79. The van der Waals surface area contributed by atoms with Gasteiger partial charge in [0.25, 0.3) is 5.91 Å². The van der Waals surface area contributed by atoms with E-state index < -0.39 is 0 Å². The lowest BCUT2D eigenvalue weighted by molar-refractivity contribution is -0.123. The third-order valence-electron chi connectivity index (χ3n) is 5.29. The molecular formula is C19H19ClN2O2S. The third kappa shape index (κ3) is 3.31. The molecule has 1 saturated carbocycles. The van der Waals surface area contributed by atoms with Crippen LogP contribution in [0, 0.1) is 11.3 Å². The molecule has 1 spiro atoms. The summed E-state index contributed by atoms with van der Waals surface area (Å²) in [5, 5.41) is 5.67. The van der Waals surface area contributed by atoms with E-state index in [2.05, 4.69) is 5.32 Å². The minimum absolute atomic E-state index is 0.0123. The normalized spacial score (nSPS) is 24.5. The van der Waals surface area contributed by atoms with Crippen LogP contribution in [0.1, 0.15) is 28.1 Å². The predicted molar refractivity (Wildman–Crippen MR) is 98.7 cm³/mol. The summed E-state index contributed by atoms with van der Waals surface area (Å²) in [5.41, 5.74) is 0.641. The molecule has 0 radical (unpaired) electrons. The highest BCUT2D eigenvalue weighted by atomic mass is 35.5. The van der Waals surface area contributed by atoms with E-state index in [0.29, 0.717) is 23.7 Å². The third-order valence-corrected chi connectivity index (χ3v) is 6.42. The van der Waals surface area contributed by atoms with E-state index >= 15 is 0 Å². The summed E-state index contributed by atoms with van der Waals surface area (Å²) in [5.74, 6) is 0.183. The maximum atomic E-state index is 12.6. The van der Waals surface area contributed by atoms with E-state index in [1.54, 1.807) is 35.6 Å². The van der Waals surface area contributed by atoms with Gasteiger partial charge in [-0.15, -0.1) is 11.3 Å². The highest BCUT2D eigenvalue weighted by Gasteiger charge is 2.61. The van der Waals surface area contributed by atoms with Gasteiger partial charge in [-0.2, -0.15) is 0 Å². The first-order valence-corrected chi connectivity index (χ1v) is 9.68. The minimum Gasteiger partial charge on any atom is -0.351 e. The van der Waals surface area contributed by atoms with Crippen molar-refractivity contribution in [1.82, 2.24) is 10.2 Å². The van der Waals surface area contributed by atoms with Crippen molar-refractivity contribution in [3.8, 4) is 0 Å². The lowest BCUT2D eigenvalue weighted by Gasteiger charge is -2.17. The number of benzene rings is 1. The van der Waals surface area contributed by atoms with Gasteiger partial charge in [-0.25, -0.2) is 0 Å². The molecule has 4 rings (SSSR count). The van der Waals surface area contributed by atoms with Crippen LogP contribution in [0.4, 0.5) is 0 Å². The number of nitrogens with zero attached hydrogens (tertiary/aromatic N) is 1. The molecule has 4 nitrogen and oxygen atoms in total. The lowest BCUT2D eigenvalue weighted by Crippen LogP contribution is -2.31. The number of hydrogen-bond donors (Lipinski definition) is 1. The van der Waals surface area contributed by atoms with Gasteiger partial charge < -0.3 is 10.2 Å². The van der Waals surface area contributed by atoms with E-state index in [-0.39, 0.29) is 23.1 Å². The first-order valence-electron chi connectivity index (χ1n) is 8.42. The Bertz CT molecular complexity index is 790. The van der Waals surface area contributed by atoms with E-state index in [1.807, 2.05) is 22.4 Å². The lowest BCUT2D eigenvalue weighted by atomic mass is 10.0. The molecule has 0 unspecified atom stereocenters. The molecule has 1 aliphatic heterocycles. The molecule has 6 heteroatoms. The number of amides is 2. The van der Waals surface area contributed by atoms with Crippen molar-refractivity contribution >= 4 is 34.8 Å². The van der Waals surface area contributed by atoms with E-state index in [4.69, 9.17) is 11.6 Å². The fourth-order valence-electron chi connectivity index (χ4n) is 3.72. The van der Waals surface area contributed by atoms with Crippen LogP contribution >= 0.6 is 22.9 Å². The molecule has 0 bridgehead atoms. The Kier molecular flexibility index (Phi) is 4.29. The summed E-state index contributed by atoms with van der Waals surface area (Å²) < 4.78 is 0. The first-order chi connectivity index (χ1) is 12.1. The first kappa shape index (κ1) is 16.6. The van der Waals surface area contributed by atoms with Gasteiger partial charge in [0, 0.05) is 39.9 Å². The van der Waals surface area contributed by atoms with E-state index in [0.717, 1.165) is 24.3 Å². The summed E-state index contributed by atoms with van der Waals surface area (Å²) in [4.78, 5) is 28.1. The minimum atomic E-state index is -0.0123. The molecule has 1 aromatic heterocycles. The van der Waals surface area contributed by atoms with Crippen molar-refractivity contribution in [2.45, 2.75) is 19.4 Å². The zero-order valence-corrected chi connectivity index (χ0v) is 15.3. The molecule has 2 aliphatic rings. The fourth-order valence-corrected chi connectivity index (χ4v) is 4.49. The van der Waals surface area contributed by atoms with E-state index in [9.17, 15) is 9.59 Å². The van der Waals surface area contributed by atoms with Crippen LogP contribution in [-0.4, -0.2) is 29.8 Å². The highest BCUT2D eigenvalue weighted by molar-refractivity contribution is 7.09. The molecule has 130 valence electrons. The second kappa shape index (κ2) is 6.46. The Labute approximate surface area is 155 Å². The maximum absolute atomic E-state index is 12.6. The van der Waals surface area contributed by atoms with Gasteiger partial charge in [0.2, 0.25) is 5.91 Å². The molecule has 1 N–H and O–H groups in total. The molecule has 2 atom stereocenters. The van der Waals surface area contributed by atoms with Gasteiger partial charge in [0.1, 0.15) is 0 Å². The topological polar surface area (TPSA) is 49.4 Å². The number of nitrogens with one attached hydrogen (secondary N) is 1. The van der Waals surface area contributed by atoms with Gasteiger partial charge in [0.05, 0.1) is 6.54 Å². The number of likely N-dealkylation sites (tertiary alicyclic amines) is 1. The molecule has 1 saturated heterocycles. The van der Waals surface area contributed by atoms with E-state index in [1.165, 1.54) is 0 Å². The number of halogens is 1. The van der Waals surface area contributed by atoms with Crippen LogP contribution in [0.3, 0.4) is 0 Å². The molecule has 1 aliphatic carbocycles. The summed E-state index contributed by atoms with van der Waals surface area (Å²) in [6.45, 7) is 1.98. The molecule has 25 heavy (non-hydrogen) atoms. The average Bonchev–Trinajstić information content (AvgIpc) is 2.96. The second-order valence-corrected chi connectivity index (χ2v) is 8.37. The molecule has 2 amide bonds. The average molecular weight is 375 g/mol. The van der Waals surface area contributed by atoms with Crippen LogP contribution in [0.15, 0.2) is 41.8 Å². The smallest absolute Gasteiger partial charge is 0.253 e. The summed E-state index contributed by atoms with van der Waals surface area (Å²) in [6, 6.07) is 11.0. The molecule has 2 fully saturated rings. The van der Waals surface area contributed by atoms with Crippen molar-refractivity contribution in [3.63, 3.8) is 0 Å². The fraction of sp³-hybridized carbons (Fsp3) is 0.368. The largest absolute Gasteiger partial charge is 0.351 e. The SMILES string of the molecule is O=C(NCc1cccs1)[C@@H]1C[C@]12CCN(C(=O)c1ccc(Cl)cc1)C2. The number of carbonyl (C=O) groups is 2. The number of thiophene rings is 1. The highest BCUT2D eigenvalue weighted by Crippen LogP contribution is 2.58. The summed E-state index contributed by atoms with van der Waals surface area (Å²) >= 11 is 7.53. The zero-order chi connectivity index (χ0) is 17.4. The Hall–Kier alpha value is -1.85. The second-order valence-electron chi connectivity index (χ2n) is 6.90. The monoisotopic (exact) mass is 374 g/mol. The number of hydrogen-bond acceptors (Lipinski definition) is 3. The maximum Gasteiger partial charge on any atom is 0.253 e. The van der Waals surface area contributed by atoms with Crippen molar-refractivity contribution < 1.29 is 9.59 Å². The van der Waals surface area contributed by atoms with Crippen LogP contribution in [-0.2, 0) is 11.3 Å². The molecule has 2 aromatic rings. The Balaban J connectivity index is 1.34.